The third-order valence-electron chi connectivity index (χ3n) is 6.44. The zero-order chi connectivity index (χ0) is 24.9. The largest absolute Gasteiger partial charge is 0.466 e. The molecular formula is C30H33NO4. The number of Topliss-reactive ketones (excluding diaryl/α,β-unsaturated/α-hetero) is 1. The fraction of sp³-hybridized carbons (Fsp3) is 0.333. The molecule has 0 spiro atoms. The molecule has 4 rings (SSSR count). The van der Waals surface area contributed by atoms with Crippen LogP contribution >= 0.6 is 0 Å². The molecule has 1 atom stereocenters. The number of aliphatic hydroxyl groups excluding tert-OH is 1. The molecule has 0 amide bonds. The van der Waals surface area contributed by atoms with Crippen molar-refractivity contribution < 1.29 is 19.4 Å². The monoisotopic (exact) mass is 471 g/mol. The predicted molar refractivity (Wildman–Crippen MR) is 140 cm³/mol. The van der Waals surface area contributed by atoms with Crippen molar-refractivity contribution in [1.29, 1.82) is 0 Å². The van der Waals surface area contributed by atoms with E-state index in [4.69, 9.17) is 4.74 Å². The lowest BCUT2D eigenvalue weighted by Gasteiger charge is -2.13. The average Bonchev–Trinajstić information content (AvgIpc) is 3.22. The molecule has 0 aliphatic heterocycles. The third kappa shape index (κ3) is 5.63. The minimum Gasteiger partial charge on any atom is -0.466 e. The van der Waals surface area contributed by atoms with E-state index in [1.54, 1.807) is 6.92 Å². The first-order valence-electron chi connectivity index (χ1n) is 12.3. The number of aromatic nitrogens is 1. The van der Waals surface area contributed by atoms with Crippen molar-refractivity contribution in [2.24, 2.45) is 0 Å². The van der Waals surface area contributed by atoms with Gasteiger partial charge in [-0.05, 0) is 53.8 Å². The van der Waals surface area contributed by atoms with Crippen LogP contribution in [-0.2, 0) is 20.7 Å². The summed E-state index contributed by atoms with van der Waals surface area (Å²) in [6.45, 7) is 6.33. The Kier molecular flexibility index (Phi) is 7.67. The molecule has 4 aromatic rings. The number of nitrogens with zero attached hydrogens (tertiary/aromatic N) is 1. The van der Waals surface area contributed by atoms with Crippen LogP contribution in [0.25, 0.3) is 27.4 Å². The molecule has 2 aromatic carbocycles. The van der Waals surface area contributed by atoms with Crippen molar-refractivity contribution in [3.05, 3.63) is 78.1 Å². The van der Waals surface area contributed by atoms with Crippen molar-refractivity contribution >= 4 is 28.0 Å². The summed E-state index contributed by atoms with van der Waals surface area (Å²) in [5, 5.41) is 12.9. The van der Waals surface area contributed by atoms with Crippen molar-refractivity contribution in [3.63, 3.8) is 0 Å². The zero-order valence-corrected chi connectivity index (χ0v) is 20.7. The van der Waals surface area contributed by atoms with Crippen molar-refractivity contribution in [3.8, 4) is 11.1 Å². The van der Waals surface area contributed by atoms with Crippen LogP contribution in [-0.4, -0.2) is 34.0 Å². The van der Waals surface area contributed by atoms with E-state index in [0.29, 0.717) is 18.8 Å². The number of aliphatic hydroxyl groups is 1. The molecule has 1 unspecified atom stereocenters. The zero-order valence-electron chi connectivity index (χ0n) is 20.7. The Morgan fingerprint density at radius 3 is 2.63 bits per heavy atom. The summed E-state index contributed by atoms with van der Waals surface area (Å²) >= 11 is 0. The molecule has 1 N–H and O–H groups in total. The van der Waals surface area contributed by atoms with Gasteiger partial charge in [-0.3, -0.25) is 9.59 Å². The maximum Gasteiger partial charge on any atom is 0.313 e. The van der Waals surface area contributed by atoms with Crippen LogP contribution in [0, 0.1) is 0 Å². The number of ether oxygens (including phenoxy) is 1. The van der Waals surface area contributed by atoms with Crippen molar-refractivity contribution in [1.82, 2.24) is 4.40 Å². The predicted octanol–water partition coefficient (Wildman–Crippen LogP) is 6.09. The Hall–Kier alpha value is -3.44. The molecule has 5 nitrogen and oxygen atoms in total. The number of pyridine rings is 1. The quantitative estimate of drug-likeness (QED) is 0.225. The Morgan fingerprint density at radius 1 is 1.06 bits per heavy atom. The van der Waals surface area contributed by atoms with Gasteiger partial charge < -0.3 is 14.2 Å². The van der Waals surface area contributed by atoms with Gasteiger partial charge in [0.1, 0.15) is 12.2 Å². The van der Waals surface area contributed by atoms with Gasteiger partial charge in [0, 0.05) is 29.8 Å². The van der Waals surface area contributed by atoms with E-state index in [9.17, 15) is 14.7 Å². The Morgan fingerprint density at radius 2 is 1.86 bits per heavy atom. The lowest BCUT2D eigenvalue weighted by Crippen LogP contribution is -2.18. The molecule has 35 heavy (non-hydrogen) atoms. The lowest BCUT2D eigenvalue weighted by atomic mass is 9.93. The third-order valence-corrected chi connectivity index (χ3v) is 6.44. The second kappa shape index (κ2) is 10.9. The topological polar surface area (TPSA) is 68.0 Å². The molecule has 0 fully saturated rings. The van der Waals surface area contributed by atoms with Crippen LogP contribution in [0.4, 0.5) is 0 Å². The lowest BCUT2D eigenvalue weighted by molar-refractivity contribution is -0.145. The molecule has 5 heteroatoms. The average molecular weight is 472 g/mol. The molecule has 2 heterocycles. The molecule has 0 saturated heterocycles. The first-order chi connectivity index (χ1) is 16.9. The van der Waals surface area contributed by atoms with Gasteiger partial charge in [0.05, 0.1) is 18.2 Å². The number of rotatable bonds is 10. The van der Waals surface area contributed by atoms with Crippen molar-refractivity contribution in [2.75, 3.05) is 6.61 Å². The van der Waals surface area contributed by atoms with E-state index in [1.807, 2.05) is 6.07 Å². The first-order valence-corrected chi connectivity index (χ1v) is 12.3. The van der Waals surface area contributed by atoms with Gasteiger partial charge in [-0.2, -0.15) is 0 Å². The molecule has 0 saturated carbocycles. The van der Waals surface area contributed by atoms with Gasteiger partial charge in [-0.1, -0.05) is 62.4 Å². The fourth-order valence-electron chi connectivity index (χ4n) is 4.69. The van der Waals surface area contributed by atoms with Crippen LogP contribution in [0.2, 0.25) is 0 Å². The van der Waals surface area contributed by atoms with Gasteiger partial charge in [0.15, 0.2) is 0 Å². The maximum absolute atomic E-state index is 12.2. The van der Waals surface area contributed by atoms with E-state index in [2.05, 4.69) is 79.2 Å². The highest BCUT2D eigenvalue weighted by Gasteiger charge is 2.19. The highest BCUT2D eigenvalue weighted by molar-refractivity contribution is 6.04. The Bertz CT molecular complexity index is 1350. The summed E-state index contributed by atoms with van der Waals surface area (Å²) in [4.78, 5) is 23.7. The summed E-state index contributed by atoms with van der Waals surface area (Å²) < 4.78 is 7.00. The molecule has 2 aromatic heterocycles. The smallest absolute Gasteiger partial charge is 0.313 e. The molecule has 0 radical (unpaired) electrons. The number of aryl methyl sites for hydroxylation is 1. The number of carbonyl (C=O) groups is 2. The Labute approximate surface area is 206 Å². The van der Waals surface area contributed by atoms with E-state index in [1.165, 1.54) is 16.3 Å². The van der Waals surface area contributed by atoms with Gasteiger partial charge in [-0.15, -0.1) is 0 Å². The highest BCUT2D eigenvalue weighted by atomic mass is 16.5. The number of carbonyl (C=O) groups excluding carboxylic acids is 2. The fourth-order valence-corrected chi connectivity index (χ4v) is 4.69. The summed E-state index contributed by atoms with van der Waals surface area (Å²) in [5.41, 5.74) is 5.86. The van der Waals surface area contributed by atoms with Crippen LogP contribution in [0.1, 0.15) is 57.1 Å². The Balaban J connectivity index is 1.67. The van der Waals surface area contributed by atoms with E-state index >= 15 is 0 Å². The molecule has 182 valence electrons. The summed E-state index contributed by atoms with van der Waals surface area (Å²) in [5.74, 6) is -0.423. The normalized spacial score (nSPS) is 12.4. The SMILES string of the molecule is CCOC(=O)CC(=O)CC(O)CCc1cn2ccc3ccccc3c2c1-c1cccc(C(C)C)c1. The van der Waals surface area contributed by atoms with Crippen LogP contribution < -0.4 is 0 Å². The maximum atomic E-state index is 12.2. The number of esters is 1. The molecule has 0 aliphatic carbocycles. The second-order valence-corrected chi connectivity index (χ2v) is 9.39. The standard InChI is InChI=1S/C30H33NO4/c1-4-35-28(34)18-26(33)17-25(32)13-12-24-19-31-15-14-21-8-5-6-11-27(21)30(31)29(24)23-10-7-9-22(16-23)20(2)3/h5-11,14-16,19-20,25,32H,4,12-13,17-18H2,1-3H3. The number of fused-ring (bicyclic) bond motifs is 3. The number of ketones is 1. The van der Waals surface area contributed by atoms with Crippen molar-refractivity contribution in [2.45, 2.75) is 58.5 Å². The summed E-state index contributed by atoms with van der Waals surface area (Å²) in [6, 6.07) is 19.1. The van der Waals surface area contributed by atoms with Crippen LogP contribution in [0.15, 0.2) is 67.0 Å². The second-order valence-electron chi connectivity index (χ2n) is 9.39. The van der Waals surface area contributed by atoms with Gasteiger partial charge in [0.25, 0.3) is 0 Å². The number of hydrogen-bond donors (Lipinski definition) is 1. The summed E-state index contributed by atoms with van der Waals surface area (Å²) in [7, 11) is 0. The minimum absolute atomic E-state index is 0.0483. The van der Waals surface area contributed by atoms with E-state index < -0.39 is 12.1 Å². The van der Waals surface area contributed by atoms with Gasteiger partial charge in [-0.25, -0.2) is 0 Å². The molecular weight excluding hydrogens is 438 g/mol. The van der Waals surface area contributed by atoms with Gasteiger partial charge in [0.2, 0.25) is 0 Å². The summed E-state index contributed by atoms with van der Waals surface area (Å²) in [6.07, 6.45) is 4.10. The first kappa shape index (κ1) is 24.7. The highest BCUT2D eigenvalue weighted by Crippen LogP contribution is 2.36. The molecule has 0 bridgehead atoms. The minimum atomic E-state index is -0.813. The number of benzene rings is 2. The van der Waals surface area contributed by atoms with Crippen LogP contribution in [0.5, 0.6) is 0 Å². The van der Waals surface area contributed by atoms with Gasteiger partial charge >= 0.3 is 5.97 Å². The number of hydrogen-bond acceptors (Lipinski definition) is 4. The molecule has 0 aliphatic rings. The van der Waals surface area contributed by atoms with E-state index in [0.717, 1.165) is 22.2 Å². The van der Waals surface area contributed by atoms with E-state index in [-0.39, 0.29) is 25.2 Å². The van der Waals surface area contributed by atoms with Crippen LogP contribution in [0.3, 0.4) is 0 Å².